The second kappa shape index (κ2) is 5.98. The second-order valence-electron chi connectivity index (χ2n) is 3.25. The van der Waals surface area contributed by atoms with Crippen LogP contribution in [0.3, 0.4) is 0 Å². The minimum Gasteiger partial charge on any atom is -0.352 e. The molecule has 5 heteroatoms. The molecule has 2 amide bonds. The van der Waals surface area contributed by atoms with Gasteiger partial charge in [-0.2, -0.15) is 0 Å². The van der Waals surface area contributed by atoms with Crippen LogP contribution in [0.2, 0.25) is 0 Å². The Hall–Kier alpha value is -1.62. The van der Waals surface area contributed by atoms with Crippen LogP contribution in [0.25, 0.3) is 0 Å². The van der Waals surface area contributed by atoms with Crippen molar-refractivity contribution in [3.8, 4) is 0 Å². The first-order chi connectivity index (χ1) is 7.20. The highest BCUT2D eigenvalue weighted by Crippen LogP contribution is 2.08. The number of carbonyl (C=O) groups excluding carboxylic acids is 1. The Labute approximate surface area is 89.1 Å². The number of hydrogen-bond acceptors (Lipinski definition) is 3. The van der Waals surface area contributed by atoms with E-state index in [1.807, 2.05) is 25.3 Å². The van der Waals surface area contributed by atoms with Crippen LogP contribution in [-0.4, -0.2) is 24.1 Å². The molecule has 0 fully saturated rings. The van der Waals surface area contributed by atoms with Gasteiger partial charge in [-0.25, -0.2) is 4.79 Å². The molecule has 0 saturated heterocycles. The van der Waals surface area contributed by atoms with Gasteiger partial charge < -0.3 is 16.4 Å². The third-order valence-electron chi connectivity index (χ3n) is 2.06. The number of urea groups is 1. The van der Waals surface area contributed by atoms with Gasteiger partial charge in [0.05, 0.1) is 0 Å². The Balaban J connectivity index is 2.25. The zero-order valence-corrected chi connectivity index (χ0v) is 8.73. The van der Waals surface area contributed by atoms with Crippen LogP contribution in [0.15, 0.2) is 24.5 Å². The third kappa shape index (κ3) is 4.42. The maximum absolute atomic E-state index is 10.4. The number of hydrogen-bond donors (Lipinski definition) is 3. The van der Waals surface area contributed by atoms with Gasteiger partial charge >= 0.3 is 6.03 Å². The van der Waals surface area contributed by atoms with E-state index in [9.17, 15) is 4.79 Å². The largest absolute Gasteiger partial charge is 0.352 e. The molecule has 4 N–H and O–H groups in total. The van der Waals surface area contributed by atoms with Gasteiger partial charge in [-0.3, -0.25) is 4.98 Å². The van der Waals surface area contributed by atoms with Crippen molar-refractivity contribution in [2.75, 3.05) is 13.1 Å². The van der Waals surface area contributed by atoms with Crippen LogP contribution in [-0.2, 0) is 0 Å². The van der Waals surface area contributed by atoms with Gasteiger partial charge in [0, 0.05) is 31.5 Å². The molecule has 1 atom stereocenters. The van der Waals surface area contributed by atoms with E-state index in [1.165, 1.54) is 0 Å². The number of carbonyl (C=O) groups is 1. The predicted octanol–water partition coefficient (Wildman–Crippen LogP) is 0.400. The van der Waals surface area contributed by atoms with Gasteiger partial charge in [0.15, 0.2) is 0 Å². The van der Waals surface area contributed by atoms with Crippen LogP contribution in [0, 0.1) is 0 Å². The average Bonchev–Trinajstić information content (AvgIpc) is 2.25. The Morgan fingerprint density at radius 1 is 1.60 bits per heavy atom. The first kappa shape index (κ1) is 11.5. The molecular formula is C10H16N4O. The lowest BCUT2D eigenvalue weighted by Crippen LogP contribution is -2.36. The summed E-state index contributed by atoms with van der Waals surface area (Å²) in [6.45, 7) is 3.25. The molecular weight excluding hydrogens is 192 g/mol. The maximum Gasteiger partial charge on any atom is 0.312 e. The molecule has 15 heavy (non-hydrogen) atoms. The molecule has 0 bridgehead atoms. The fourth-order valence-electron chi connectivity index (χ4n) is 1.22. The Bertz CT molecular complexity index is 302. The molecule has 0 aromatic carbocycles. The highest BCUT2D eigenvalue weighted by atomic mass is 16.2. The summed E-state index contributed by atoms with van der Waals surface area (Å²) in [6, 6.07) is 3.63. The summed E-state index contributed by atoms with van der Waals surface area (Å²) < 4.78 is 0. The lowest BCUT2D eigenvalue weighted by Gasteiger charge is -2.13. The zero-order chi connectivity index (χ0) is 11.1. The van der Waals surface area contributed by atoms with E-state index in [4.69, 9.17) is 5.73 Å². The standard InChI is InChI=1S/C10H16N4O/c1-8(9-3-2-4-12-7-9)13-5-6-14-10(11)15/h2-4,7-8,13H,5-6H2,1H3,(H3,11,14,15). The number of nitrogens with zero attached hydrogens (tertiary/aromatic N) is 1. The number of primary amides is 1. The SMILES string of the molecule is CC(NCCNC(N)=O)c1cccnc1. The van der Waals surface area contributed by atoms with Gasteiger partial charge in [0.2, 0.25) is 0 Å². The van der Waals surface area contributed by atoms with E-state index in [0.717, 1.165) is 5.56 Å². The molecule has 0 aliphatic heterocycles. The summed E-state index contributed by atoms with van der Waals surface area (Å²) in [5.74, 6) is 0. The van der Waals surface area contributed by atoms with Gasteiger partial charge in [-0.1, -0.05) is 6.07 Å². The number of pyridine rings is 1. The molecule has 0 radical (unpaired) electrons. The van der Waals surface area contributed by atoms with Crippen molar-refractivity contribution in [3.05, 3.63) is 30.1 Å². The van der Waals surface area contributed by atoms with Crippen LogP contribution >= 0.6 is 0 Å². The summed E-state index contributed by atoms with van der Waals surface area (Å²) in [6.07, 6.45) is 3.56. The summed E-state index contributed by atoms with van der Waals surface area (Å²) in [5.41, 5.74) is 6.05. The number of nitrogens with two attached hydrogens (primary N) is 1. The van der Waals surface area contributed by atoms with Crippen LogP contribution in [0.4, 0.5) is 4.79 Å². The molecule has 1 aromatic rings. The van der Waals surface area contributed by atoms with Crippen LogP contribution < -0.4 is 16.4 Å². The summed E-state index contributed by atoms with van der Waals surface area (Å²) in [4.78, 5) is 14.4. The quantitative estimate of drug-likeness (QED) is 0.613. The minimum atomic E-state index is -0.495. The lowest BCUT2D eigenvalue weighted by atomic mass is 10.1. The third-order valence-corrected chi connectivity index (χ3v) is 2.06. The van der Waals surface area contributed by atoms with Crippen molar-refractivity contribution in [1.29, 1.82) is 0 Å². The smallest absolute Gasteiger partial charge is 0.312 e. The van der Waals surface area contributed by atoms with Gasteiger partial charge in [-0.05, 0) is 18.6 Å². The van der Waals surface area contributed by atoms with E-state index >= 15 is 0 Å². The summed E-state index contributed by atoms with van der Waals surface area (Å²) in [7, 11) is 0. The molecule has 1 heterocycles. The summed E-state index contributed by atoms with van der Waals surface area (Å²) >= 11 is 0. The fourth-order valence-corrected chi connectivity index (χ4v) is 1.22. The lowest BCUT2D eigenvalue weighted by molar-refractivity contribution is 0.249. The number of rotatable bonds is 5. The Morgan fingerprint density at radius 2 is 2.40 bits per heavy atom. The topological polar surface area (TPSA) is 80.0 Å². The Morgan fingerprint density at radius 3 is 3.00 bits per heavy atom. The highest BCUT2D eigenvalue weighted by Gasteiger charge is 2.03. The van der Waals surface area contributed by atoms with Crippen molar-refractivity contribution in [3.63, 3.8) is 0 Å². The fraction of sp³-hybridized carbons (Fsp3) is 0.400. The van der Waals surface area contributed by atoms with E-state index < -0.39 is 6.03 Å². The summed E-state index contributed by atoms with van der Waals surface area (Å²) in [5, 5.41) is 5.76. The van der Waals surface area contributed by atoms with Crippen molar-refractivity contribution in [2.45, 2.75) is 13.0 Å². The monoisotopic (exact) mass is 208 g/mol. The van der Waals surface area contributed by atoms with Crippen molar-refractivity contribution >= 4 is 6.03 Å². The molecule has 5 nitrogen and oxygen atoms in total. The molecule has 1 rings (SSSR count). The number of aromatic nitrogens is 1. The number of amides is 2. The van der Waals surface area contributed by atoms with Crippen LogP contribution in [0.1, 0.15) is 18.5 Å². The molecule has 0 aliphatic rings. The molecule has 1 aromatic heterocycles. The van der Waals surface area contributed by atoms with Crippen LogP contribution in [0.5, 0.6) is 0 Å². The molecule has 0 aliphatic carbocycles. The predicted molar refractivity (Wildman–Crippen MR) is 58.2 cm³/mol. The average molecular weight is 208 g/mol. The van der Waals surface area contributed by atoms with E-state index in [1.54, 1.807) is 6.20 Å². The first-order valence-corrected chi connectivity index (χ1v) is 4.87. The van der Waals surface area contributed by atoms with Crippen molar-refractivity contribution in [1.82, 2.24) is 15.6 Å². The minimum absolute atomic E-state index is 0.216. The molecule has 1 unspecified atom stereocenters. The molecule has 0 saturated carbocycles. The second-order valence-corrected chi connectivity index (χ2v) is 3.25. The van der Waals surface area contributed by atoms with E-state index in [-0.39, 0.29) is 6.04 Å². The van der Waals surface area contributed by atoms with Gasteiger partial charge in [0.1, 0.15) is 0 Å². The van der Waals surface area contributed by atoms with Crippen molar-refractivity contribution in [2.24, 2.45) is 5.73 Å². The van der Waals surface area contributed by atoms with Gasteiger partial charge in [0.25, 0.3) is 0 Å². The van der Waals surface area contributed by atoms with E-state index in [0.29, 0.717) is 13.1 Å². The number of nitrogens with one attached hydrogen (secondary N) is 2. The molecule has 0 spiro atoms. The van der Waals surface area contributed by atoms with Gasteiger partial charge in [-0.15, -0.1) is 0 Å². The van der Waals surface area contributed by atoms with Crippen molar-refractivity contribution < 1.29 is 4.79 Å². The Kier molecular flexibility index (Phi) is 4.56. The normalized spacial score (nSPS) is 12.1. The first-order valence-electron chi connectivity index (χ1n) is 4.87. The molecule has 82 valence electrons. The van der Waals surface area contributed by atoms with E-state index in [2.05, 4.69) is 15.6 Å². The highest BCUT2D eigenvalue weighted by molar-refractivity contribution is 5.71. The zero-order valence-electron chi connectivity index (χ0n) is 8.73. The maximum atomic E-state index is 10.4.